The van der Waals surface area contributed by atoms with Crippen molar-refractivity contribution >= 4 is 33.1 Å². The quantitative estimate of drug-likeness (QED) is 0.481. The van der Waals surface area contributed by atoms with Gasteiger partial charge in [0, 0.05) is 43.3 Å². The lowest BCUT2D eigenvalue weighted by atomic mass is 10.2. The molecule has 1 aliphatic heterocycles. The van der Waals surface area contributed by atoms with Crippen LogP contribution in [0, 0.1) is 6.92 Å². The van der Waals surface area contributed by atoms with E-state index in [-0.39, 0.29) is 5.91 Å². The number of rotatable bonds is 4. The van der Waals surface area contributed by atoms with Crippen LogP contribution in [0.5, 0.6) is 5.75 Å². The van der Waals surface area contributed by atoms with Crippen LogP contribution in [0.25, 0.3) is 15.9 Å². The van der Waals surface area contributed by atoms with E-state index in [9.17, 15) is 4.79 Å². The van der Waals surface area contributed by atoms with E-state index < -0.39 is 0 Å². The van der Waals surface area contributed by atoms with E-state index in [0.29, 0.717) is 13.1 Å². The number of carbonyl (C=O) groups is 1. The third-order valence-electron chi connectivity index (χ3n) is 5.74. The molecule has 5 rings (SSSR count). The van der Waals surface area contributed by atoms with Crippen molar-refractivity contribution in [2.24, 2.45) is 0 Å². The topological polar surface area (TPSA) is 50.6 Å². The molecule has 0 saturated carbocycles. The Balaban J connectivity index is 1.34. The number of aromatic nitrogens is 2. The van der Waals surface area contributed by atoms with Crippen LogP contribution in [0.15, 0.2) is 60.7 Å². The third-order valence-corrected chi connectivity index (χ3v) is 6.84. The van der Waals surface area contributed by atoms with Crippen LogP contribution in [0.2, 0.25) is 0 Å². The Kier molecular flexibility index (Phi) is 5.11. The van der Waals surface area contributed by atoms with E-state index in [1.54, 1.807) is 7.11 Å². The predicted molar refractivity (Wildman–Crippen MR) is 125 cm³/mol. The second-order valence-electron chi connectivity index (χ2n) is 7.64. The summed E-state index contributed by atoms with van der Waals surface area (Å²) in [6.45, 7) is 5.01. The zero-order valence-corrected chi connectivity index (χ0v) is 18.4. The second-order valence-corrected chi connectivity index (χ2v) is 8.67. The molecule has 3 heterocycles. The highest BCUT2D eigenvalue weighted by Gasteiger charge is 2.25. The first-order valence-electron chi connectivity index (χ1n) is 10.4. The van der Waals surface area contributed by atoms with E-state index in [4.69, 9.17) is 4.74 Å². The number of aryl methyl sites for hydroxylation is 1. The minimum Gasteiger partial charge on any atom is -0.497 e. The summed E-state index contributed by atoms with van der Waals surface area (Å²) in [5, 5.41) is 5.72. The molecule has 0 atom stereocenters. The van der Waals surface area contributed by atoms with Crippen LogP contribution in [0.1, 0.15) is 15.4 Å². The molecule has 0 N–H and O–H groups in total. The highest BCUT2D eigenvalue weighted by Crippen LogP contribution is 2.31. The summed E-state index contributed by atoms with van der Waals surface area (Å²) in [6.07, 6.45) is 0. The van der Waals surface area contributed by atoms with Gasteiger partial charge >= 0.3 is 0 Å². The molecule has 1 fully saturated rings. The number of ether oxygens (including phenoxy) is 1. The Hall–Kier alpha value is -3.32. The summed E-state index contributed by atoms with van der Waals surface area (Å²) in [5.74, 6) is 0.953. The average Bonchev–Trinajstić information content (AvgIpc) is 3.40. The molecule has 2 aromatic heterocycles. The molecule has 1 saturated heterocycles. The summed E-state index contributed by atoms with van der Waals surface area (Å²) in [5.41, 5.74) is 3.08. The Morgan fingerprint density at radius 3 is 2.45 bits per heavy atom. The van der Waals surface area contributed by atoms with Gasteiger partial charge in [0.1, 0.15) is 10.6 Å². The van der Waals surface area contributed by atoms with Gasteiger partial charge in [-0.1, -0.05) is 24.3 Å². The van der Waals surface area contributed by atoms with Crippen molar-refractivity contribution in [2.75, 3.05) is 38.2 Å². The van der Waals surface area contributed by atoms with Crippen LogP contribution < -0.4 is 9.64 Å². The SMILES string of the molecule is COc1cccc(N2CCN(C(=O)c3cc4c(C)nn(-c5ccccc5)c4s3)CC2)c1. The maximum atomic E-state index is 13.2. The van der Waals surface area contributed by atoms with Crippen molar-refractivity contribution in [2.45, 2.75) is 6.92 Å². The molecule has 0 radical (unpaired) electrons. The first-order chi connectivity index (χ1) is 15.1. The summed E-state index contributed by atoms with van der Waals surface area (Å²) in [6, 6.07) is 20.1. The smallest absolute Gasteiger partial charge is 0.264 e. The Bertz CT molecular complexity index is 1220. The normalized spacial score (nSPS) is 14.3. The van der Waals surface area contributed by atoms with Crippen LogP contribution in [-0.4, -0.2) is 53.9 Å². The maximum absolute atomic E-state index is 13.2. The number of hydrogen-bond donors (Lipinski definition) is 0. The Morgan fingerprint density at radius 2 is 1.71 bits per heavy atom. The van der Waals surface area contributed by atoms with Gasteiger partial charge in [-0.3, -0.25) is 4.79 Å². The van der Waals surface area contributed by atoms with Crippen molar-refractivity contribution in [3.63, 3.8) is 0 Å². The minimum absolute atomic E-state index is 0.102. The molecular weight excluding hydrogens is 408 g/mol. The molecule has 1 aliphatic rings. The molecular formula is C24H24N4O2S. The summed E-state index contributed by atoms with van der Waals surface area (Å²) in [7, 11) is 1.68. The number of nitrogens with zero attached hydrogens (tertiary/aromatic N) is 4. The highest BCUT2D eigenvalue weighted by atomic mass is 32.1. The average molecular weight is 433 g/mol. The number of fused-ring (bicyclic) bond motifs is 1. The van der Waals surface area contributed by atoms with Gasteiger partial charge in [0.2, 0.25) is 0 Å². The molecule has 4 aromatic rings. The van der Waals surface area contributed by atoms with Gasteiger partial charge in [0.05, 0.1) is 23.4 Å². The van der Waals surface area contributed by atoms with Crippen molar-refractivity contribution in [3.05, 3.63) is 71.2 Å². The van der Waals surface area contributed by atoms with Gasteiger partial charge in [-0.15, -0.1) is 11.3 Å². The molecule has 31 heavy (non-hydrogen) atoms. The zero-order chi connectivity index (χ0) is 21.4. The van der Waals surface area contributed by atoms with E-state index >= 15 is 0 Å². The Morgan fingerprint density at radius 1 is 0.968 bits per heavy atom. The third kappa shape index (κ3) is 3.65. The van der Waals surface area contributed by atoms with E-state index in [1.165, 1.54) is 11.3 Å². The number of hydrogen-bond acceptors (Lipinski definition) is 5. The summed E-state index contributed by atoms with van der Waals surface area (Å²) < 4.78 is 7.28. The van der Waals surface area contributed by atoms with E-state index in [0.717, 1.165) is 51.0 Å². The zero-order valence-electron chi connectivity index (χ0n) is 17.6. The monoisotopic (exact) mass is 432 g/mol. The fourth-order valence-electron chi connectivity index (χ4n) is 4.03. The number of piperazine rings is 1. The van der Waals surface area contributed by atoms with Crippen LogP contribution in [0.3, 0.4) is 0 Å². The maximum Gasteiger partial charge on any atom is 0.264 e. The molecule has 0 unspecified atom stereocenters. The molecule has 158 valence electrons. The van der Waals surface area contributed by atoms with Crippen molar-refractivity contribution in [1.29, 1.82) is 0 Å². The lowest BCUT2D eigenvalue weighted by molar-refractivity contribution is 0.0751. The van der Waals surface area contributed by atoms with E-state index in [1.807, 2.05) is 71.1 Å². The van der Waals surface area contributed by atoms with Gasteiger partial charge in [-0.25, -0.2) is 4.68 Å². The van der Waals surface area contributed by atoms with Gasteiger partial charge in [0.15, 0.2) is 0 Å². The number of methoxy groups -OCH3 is 1. The van der Waals surface area contributed by atoms with Crippen LogP contribution >= 0.6 is 11.3 Å². The van der Waals surface area contributed by atoms with Crippen molar-refractivity contribution < 1.29 is 9.53 Å². The molecule has 0 aliphatic carbocycles. The lowest BCUT2D eigenvalue weighted by Crippen LogP contribution is -2.48. The summed E-state index contributed by atoms with van der Waals surface area (Å²) in [4.78, 5) is 19.3. The first kappa shape index (κ1) is 19.6. The second kappa shape index (κ2) is 8.07. The number of anilines is 1. The number of thiophene rings is 1. The standard InChI is InChI=1S/C24H24N4O2S/c1-17-21-16-22(31-24(21)28(25-17)18-7-4-3-5-8-18)23(29)27-13-11-26(12-14-27)19-9-6-10-20(15-19)30-2/h3-10,15-16H,11-14H2,1-2H3. The van der Waals surface area contributed by atoms with Gasteiger partial charge in [0.25, 0.3) is 5.91 Å². The lowest BCUT2D eigenvalue weighted by Gasteiger charge is -2.36. The number of para-hydroxylation sites is 1. The molecule has 0 bridgehead atoms. The number of benzene rings is 2. The predicted octanol–water partition coefficient (Wildman–Crippen LogP) is 4.37. The molecule has 7 heteroatoms. The fourth-order valence-corrected chi connectivity index (χ4v) is 5.18. The molecule has 0 spiro atoms. The number of amides is 1. The number of carbonyl (C=O) groups excluding carboxylic acids is 1. The van der Waals surface area contributed by atoms with Gasteiger partial charge in [-0.2, -0.15) is 5.10 Å². The highest BCUT2D eigenvalue weighted by molar-refractivity contribution is 7.20. The first-order valence-corrected chi connectivity index (χ1v) is 11.2. The van der Waals surface area contributed by atoms with Crippen LogP contribution in [0.4, 0.5) is 5.69 Å². The largest absolute Gasteiger partial charge is 0.497 e. The minimum atomic E-state index is 0.102. The van der Waals surface area contributed by atoms with E-state index in [2.05, 4.69) is 16.1 Å². The molecule has 1 amide bonds. The van der Waals surface area contributed by atoms with Crippen molar-refractivity contribution in [3.8, 4) is 11.4 Å². The molecule has 2 aromatic carbocycles. The molecule has 6 nitrogen and oxygen atoms in total. The summed E-state index contributed by atoms with van der Waals surface area (Å²) >= 11 is 1.52. The fraction of sp³-hybridized carbons (Fsp3) is 0.250. The van der Waals surface area contributed by atoms with Gasteiger partial charge in [-0.05, 0) is 37.3 Å². The van der Waals surface area contributed by atoms with Crippen LogP contribution in [-0.2, 0) is 0 Å². The van der Waals surface area contributed by atoms with Gasteiger partial charge < -0.3 is 14.5 Å². The Labute approximate surface area is 185 Å². The van der Waals surface area contributed by atoms with Crippen molar-refractivity contribution in [1.82, 2.24) is 14.7 Å².